The molecule has 82 valence electrons. The molecule has 0 heterocycles. The van der Waals surface area contributed by atoms with Crippen molar-refractivity contribution in [2.24, 2.45) is 0 Å². The van der Waals surface area contributed by atoms with Crippen molar-refractivity contribution in [3.8, 4) is 0 Å². The van der Waals surface area contributed by atoms with E-state index in [0.717, 1.165) is 5.56 Å². The first-order valence-electron chi connectivity index (χ1n) is 4.52. The summed E-state index contributed by atoms with van der Waals surface area (Å²) in [6.45, 7) is 0.509. The number of esters is 1. The highest BCUT2D eigenvalue weighted by molar-refractivity contribution is 5.76. The molecule has 0 amide bonds. The summed E-state index contributed by atoms with van der Waals surface area (Å²) in [7, 11) is 2.85. The van der Waals surface area contributed by atoms with Crippen LogP contribution >= 0.6 is 0 Å². The first kappa shape index (κ1) is 11.7. The average Bonchev–Trinajstić information content (AvgIpc) is 2.28. The Hall–Kier alpha value is -1.39. The second kappa shape index (κ2) is 5.48. The van der Waals surface area contributed by atoms with E-state index in [2.05, 4.69) is 4.74 Å². The molecule has 0 bridgehead atoms. The molecule has 0 aromatic heterocycles. The van der Waals surface area contributed by atoms with Crippen LogP contribution in [0, 0.1) is 0 Å². The van der Waals surface area contributed by atoms with Gasteiger partial charge in [0.1, 0.15) is 0 Å². The maximum atomic E-state index is 11.0. The van der Waals surface area contributed by atoms with Gasteiger partial charge in [0.2, 0.25) is 0 Å². The fraction of sp³-hybridized carbons (Fsp3) is 0.364. The van der Waals surface area contributed by atoms with E-state index in [4.69, 9.17) is 4.74 Å². The molecule has 4 heteroatoms. The molecule has 1 rings (SSSR count). The summed E-state index contributed by atoms with van der Waals surface area (Å²) in [6, 6.07) is 6.95. The number of hydrogen-bond donors (Lipinski definition) is 1. The highest BCUT2D eigenvalue weighted by Gasteiger charge is 2.17. The third-order valence-electron chi connectivity index (χ3n) is 2.03. The Bertz CT molecular complexity index is 318. The van der Waals surface area contributed by atoms with Crippen LogP contribution in [0.15, 0.2) is 24.3 Å². The largest absolute Gasteiger partial charge is 0.467 e. The minimum absolute atomic E-state index is 0.509. The summed E-state index contributed by atoms with van der Waals surface area (Å²) in [5.74, 6) is -0.658. The van der Waals surface area contributed by atoms with Crippen molar-refractivity contribution in [1.29, 1.82) is 0 Å². The Labute approximate surface area is 88.4 Å². The maximum absolute atomic E-state index is 11.0. The maximum Gasteiger partial charge on any atom is 0.339 e. The predicted molar refractivity (Wildman–Crippen MR) is 54.1 cm³/mol. The number of carbonyl (C=O) groups excluding carboxylic acids is 1. The second-order valence-electron chi connectivity index (χ2n) is 3.10. The van der Waals surface area contributed by atoms with Gasteiger partial charge < -0.3 is 14.6 Å². The van der Waals surface area contributed by atoms with Crippen LogP contribution in [0.1, 0.15) is 17.2 Å². The highest BCUT2D eigenvalue weighted by atomic mass is 16.5. The molecule has 1 N–H and O–H groups in total. The summed E-state index contributed by atoms with van der Waals surface area (Å²) in [6.07, 6.45) is -1.22. The number of ether oxygens (including phenoxy) is 2. The van der Waals surface area contributed by atoms with Gasteiger partial charge in [-0.3, -0.25) is 0 Å². The van der Waals surface area contributed by atoms with Gasteiger partial charge in [-0.15, -0.1) is 0 Å². The molecule has 1 atom stereocenters. The number of carbonyl (C=O) groups is 1. The number of hydrogen-bond acceptors (Lipinski definition) is 4. The fourth-order valence-electron chi connectivity index (χ4n) is 1.21. The van der Waals surface area contributed by atoms with E-state index in [-0.39, 0.29) is 0 Å². The Morgan fingerprint density at radius 3 is 2.40 bits per heavy atom. The molecule has 0 spiro atoms. The molecular formula is C11H14O4. The first-order chi connectivity index (χ1) is 7.19. The van der Waals surface area contributed by atoms with E-state index >= 15 is 0 Å². The zero-order valence-electron chi connectivity index (χ0n) is 8.77. The van der Waals surface area contributed by atoms with Crippen LogP contribution < -0.4 is 0 Å². The summed E-state index contributed by atoms with van der Waals surface area (Å²) in [5.41, 5.74) is 1.50. The lowest BCUT2D eigenvalue weighted by molar-refractivity contribution is -0.150. The second-order valence-corrected chi connectivity index (χ2v) is 3.10. The van der Waals surface area contributed by atoms with Crippen LogP contribution in [-0.2, 0) is 20.9 Å². The van der Waals surface area contributed by atoms with E-state index < -0.39 is 12.1 Å². The topological polar surface area (TPSA) is 55.8 Å². The smallest absolute Gasteiger partial charge is 0.339 e. The number of methoxy groups -OCH3 is 2. The van der Waals surface area contributed by atoms with Crippen molar-refractivity contribution >= 4 is 5.97 Å². The van der Waals surface area contributed by atoms with Gasteiger partial charge in [-0.2, -0.15) is 0 Å². The van der Waals surface area contributed by atoms with E-state index in [1.165, 1.54) is 7.11 Å². The number of rotatable bonds is 4. The van der Waals surface area contributed by atoms with Gasteiger partial charge in [-0.25, -0.2) is 4.79 Å². The van der Waals surface area contributed by atoms with Crippen molar-refractivity contribution in [3.05, 3.63) is 35.4 Å². The lowest BCUT2D eigenvalue weighted by Crippen LogP contribution is -2.13. The van der Waals surface area contributed by atoms with Crippen LogP contribution in [0.5, 0.6) is 0 Å². The molecule has 0 fully saturated rings. The van der Waals surface area contributed by atoms with Crippen molar-refractivity contribution in [1.82, 2.24) is 0 Å². The number of aliphatic hydroxyl groups is 1. The standard InChI is InChI=1S/C11H14O4/c1-14-7-8-3-5-9(6-4-8)10(12)11(13)15-2/h3-6,10,12H,7H2,1-2H3. The summed E-state index contributed by atoms with van der Waals surface area (Å²) in [5, 5.41) is 9.50. The minimum Gasteiger partial charge on any atom is -0.467 e. The third kappa shape index (κ3) is 3.04. The molecule has 0 aliphatic heterocycles. The van der Waals surface area contributed by atoms with Crippen LogP contribution in [-0.4, -0.2) is 25.3 Å². The van der Waals surface area contributed by atoms with Crippen LogP contribution in [0.2, 0.25) is 0 Å². The molecule has 1 aromatic carbocycles. The van der Waals surface area contributed by atoms with Gasteiger partial charge in [-0.05, 0) is 11.1 Å². The average molecular weight is 210 g/mol. The van der Waals surface area contributed by atoms with Gasteiger partial charge in [0.15, 0.2) is 6.10 Å². The summed E-state index contributed by atoms with van der Waals surface area (Å²) in [4.78, 5) is 11.0. The van der Waals surface area contributed by atoms with E-state index in [0.29, 0.717) is 12.2 Å². The van der Waals surface area contributed by atoms with Crippen LogP contribution in [0.3, 0.4) is 0 Å². The molecule has 0 radical (unpaired) electrons. The number of benzene rings is 1. The zero-order valence-corrected chi connectivity index (χ0v) is 8.77. The quantitative estimate of drug-likeness (QED) is 0.754. The van der Waals surface area contributed by atoms with E-state index in [9.17, 15) is 9.90 Å². The van der Waals surface area contributed by atoms with Gasteiger partial charge in [0.25, 0.3) is 0 Å². The van der Waals surface area contributed by atoms with Crippen molar-refractivity contribution in [2.75, 3.05) is 14.2 Å². The first-order valence-corrected chi connectivity index (χ1v) is 4.52. The molecule has 0 aliphatic rings. The molecule has 1 aromatic rings. The molecule has 0 saturated carbocycles. The van der Waals surface area contributed by atoms with Crippen LogP contribution in [0.25, 0.3) is 0 Å². The molecule has 0 aliphatic carbocycles. The Kier molecular flexibility index (Phi) is 4.27. The Balaban J connectivity index is 2.75. The van der Waals surface area contributed by atoms with Crippen molar-refractivity contribution in [2.45, 2.75) is 12.7 Å². The lowest BCUT2D eigenvalue weighted by atomic mass is 10.1. The monoisotopic (exact) mass is 210 g/mol. The SMILES string of the molecule is COCc1ccc(C(O)C(=O)OC)cc1. The lowest BCUT2D eigenvalue weighted by Gasteiger charge is -2.08. The Morgan fingerprint density at radius 2 is 1.93 bits per heavy atom. The predicted octanol–water partition coefficient (Wildman–Crippen LogP) is 1.04. The minimum atomic E-state index is -1.22. The summed E-state index contributed by atoms with van der Waals surface area (Å²) >= 11 is 0. The molecule has 0 saturated heterocycles. The zero-order chi connectivity index (χ0) is 11.3. The van der Waals surface area contributed by atoms with Gasteiger partial charge in [0.05, 0.1) is 13.7 Å². The molecular weight excluding hydrogens is 196 g/mol. The van der Waals surface area contributed by atoms with Gasteiger partial charge in [0, 0.05) is 7.11 Å². The summed E-state index contributed by atoms with van der Waals surface area (Å²) < 4.78 is 9.37. The molecule has 15 heavy (non-hydrogen) atoms. The molecule has 1 unspecified atom stereocenters. The third-order valence-corrected chi connectivity index (χ3v) is 2.03. The van der Waals surface area contributed by atoms with Gasteiger partial charge >= 0.3 is 5.97 Å². The number of aliphatic hydroxyl groups excluding tert-OH is 1. The van der Waals surface area contributed by atoms with Crippen molar-refractivity contribution in [3.63, 3.8) is 0 Å². The van der Waals surface area contributed by atoms with E-state index in [1.807, 2.05) is 0 Å². The van der Waals surface area contributed by atoms with Gasteiger partial charge in [-0.1, -0.05) is 24.3 Å². The molecule has 4 nitrogen and oxygen atoms in total. The Morgan fingerprint density at radius 1 is 1.33 bits per heavy atom. The highest BCUT2D eigenvalue weighted by Crippen LogP contribution is 2.15. The van der Waals surface area contributed by atoms with Crippen LogP contribution in [0.4, 0.5) is 0 Å². The fourth-order valence-corrected chi connectivity index (χ4v) is 1.21. The van der Waals surface area contributed by atoms with Crippen molar-refractivity contribution < 1.29 is 19.4 Å². The van der Waals surface area contributed by atoms with E-state index in [1.54, 1.807) is 31.4 Å². The normalized spacial score (nSPS) is 12.2.